The number of amides is 1. The SMILES string of the molecule is C[C@@H](Sc1nnc(Nc2ccccc2)s1)C(=O)NC1(C#N)CCCCC1. The molecule has 0 spiro atoms. The number of carbonyl (C=O) groups is 1. The van der Waals surface area contributed by atoms with Crippen LogP contribution < -0.4 is 10.6 Å². The van der Waals surface area contributed by atoms with E-state index < -0.39 is 5.54 Å². The maximum Gasteiger partial charge on any atom is 0.234 e. The zero-order valence-electron chi connectivity index (χ0n) is 14.6. The number of rotatable bonds is 6. The first-order valence-corrected chi connectivity index (χ1v) is 10.4. The molecular formula is C18H21N5OS2. The highest BCUT2D eigenvalue weighted by Gasteiger charge is 2.35. The van der Waals surface area contributed by atoms with Gasteiger partial charge in [0, 0.05) is 5.69 Å². The van der Waals surface area contributed by atoms with Crippen molar-refractivity contribution in [1.29, 1.82) is 5.26 Å². The van der Waals surface area contributed by atoms with E-state index in [1.807, 2.05) is 37.3 Å². The lowest BCUT2D eigenvalue weighted by molar-refractivity contribution is -0.121. The second kappa shape index (κ2) is 8.52. The number of aromatic nitrogens is 2. The molecule has 1 saturated carbocycles. The zero-order chi connectivity index (χ0) is 18.4. The minimum Gasteiger partial charge on any atom is -0.337 e. The zero-order valence-corrected chi connectivity index (χ0v) is 16.2. The summed E-state index contributed by atoms with van der Waals surface area (Å²) >= 11 is 2.77. The van der Waals surface area contributed by atoms with Gasteiger partial charge in [-0.2, -0.15) is 5.26 Å². The first kappa shape index (κ1) is 18.7. The summed E-state index contributed by atoms with van der Waals surface area (Å²) in [6.45, 7) is 1.83. The molecule has 136 valence electrons. The Morgan fingerprint density at radius 1 is 1.27 bits per heavy atom. The summed E-state index contributed by atoms with van der Waals surface area (Å²) in [5, 5.41) is 24.3. The Kier molecular flexibility index (Phi) is 6.12. The van der Waals surface area contributed by atoms with Crippen molar-refractivity contribution in [2.45, 2.75) is 54.2 Å². The number of anilines is 2. The van der Waals surface area contributed by atoms with E-state index in [2.05, 4.69) is 26.9 Å². The van der Waals surface area contributed by atoms with Crippen LogP contribution in [0.3, 0.4) is 0 Å². The molecule has 1 aliphatic rings. The highest BCUT2D eigenvalue weighted by atomic mass is 32.2. The number of nitriles is 1. The van der Waals surface area contributed by atoms with Crippen LogP contribution in [0, 0.1) is 11.3 Å². The Hall–Kier alpha value is -2.11. The number of hydrogen-bond donors (Lipinski definition) is 2. The van der Waals surface area contributed by atoms with E-state index in [4.69, 9.17) is 0 Å². The molecule has 0 saturated heterocycles. The Bertz CT molecular complexity index is 780. The van der Waals surface area contributed by atoms with Crippen LogP contribution in [0.25, 0.3) is 0 Å². The van der Waals surface area contributed by atoms with E-state index in [0.29, 0.717) is 5.13 Å². The third-order valence-electron chi connectivity index (χ3n) is 4.36. The quantitative estimate of drug-likeness (QED) is 0.725. The number of para-hydroxylation sites is 1. The van der Waals surface area contributed by atoms with Crippen LogP contribution in [-0.4, -0.2) is 26.9 Å². The molecule has 0 radical (unpaired) electrons. The predicted octanol–water partition coefficient (Wildman–Crippen LogP) is 4.10. The van der Waals surface area contributed by atoms with Crippen LogP contribution in [0.15, 0.2) is 34.7 Å². The van der Waals surface area contributed by atoms with Crippen LogP contribution in [0.1, 0.15) is 39.0 Å². The molecule has 0 bridgehead atoms. The predicted molar refractivity (Wildman–Crippen MR) is 105 cm³/mol. The van der Waals surface area contributed by atoms with Gasteiger partial charge >= 0.3 is 0 Å². The minimum atomic E-state index is -0.703. The average Bonchev–Trinajstić information content (AvgIpc) is 3.10. The molecule has 1 amide bonds. The van der Waals surface area contributed by atoms with Crippen LogP contribution in [-0.2, 0) is 4.79 Å². The molecule has 2 aromatic rings. The lowest BCUT2D eigenvalue weighted by Crippen LogP contribution is -2.50. The van der Waals surface area contributed by atoms with Crippen LogP contribution >= 0.6 is 23.1 Å². The number of nitrogens with zero attached hydrogens (tertiary/aromatic N) is 3. The normalized spacial score (nSPS) is 17.1. The van der Waals surface area contributed by atoms with E-state index in [1.165, 1.54) is 23.1 Å². The largest absolute Gasteiger partial charge is 0.337 e. The van der Waals surface area contributed by atoms with Crippen molar-refractivity contribution >= 4 is 39.8 Å². The van der Waals surface area contributed by atoms with Gasteiger partial charge < -0.3 is 10.6 Å². The van der Waals surface area contributed by atoms with Crippen molar-refractivity contribution in [3.63, 3.8) is 0 Å². The Morgan fingerprint density at radius 3 is 2.69 bits per heavy atom. The molecular weight excluding hydrogens is 366 g/mol. The molecule has 0 aliphatic heterocycles. The number of hydrogen-bond acceptors (Lipinski definition) is 7. The molecule has 1 aliphatic carbocycles. The average molecular weight is 388 g/mol. The van der Waals surface area contributed by atoms with Gasteiger partial charge in [0.05, 0.1) is 11.3 Å². The molecule has 1 fully saturated rings. The third-order valence-corrected chi connectivity index (χ3v) is 6.38. The summed E-state index contributed by atoms with van der Waals surface area (Å²) in [4.78, 5) is 12.5. The molecule has 1 aromatic heterocycles. The van der Waals surface area contributed by atoms with Crippen molar-refractivity contribution in [3.8, 4) is 6.07 Å². The minimum absolute atomic E-state index is 0.119. The lowest BCUT2D eigenvalue weighted by Gasteiger charge is -2.32. The molecule has 1 atom stereocenters. The van der Waals surface area contributed by atoms with Gasteiger partial charge in [-0.25, -0.2) is 0 Å². The molecule has 2 N–H and O–H groups in total. The second-order valence-electron chi connectivity index (χ2n) is 6.37. The summed E-state index contributed by atoms with van der Waals surface area (Å²) in [5.41, 5.74) is 0.241. The molecule has 1 heterocycles. The fraction of sp³-hybridized carbons (Fsp3) is 0.444. The smallest absolute Gasteiger partial charge is 0.234 e. The van der Waals surface area contributed by atoms with Crippen LogP contribution in [0.5, 0.6) is 0 Å². The summed E-state index contributed by atoms with van der Waals surface area (Å²) in [5.74, 6) is -0.119. The summed E-state index contributed by atoms with van der Waals surface area (Å²) < 4.78 is 0.723. The van der Waals surface area contributed by atoms with E-state index in [9.17, 15) is 10.1 Å². The van der Waals surface area contributed by atoms with Crippen molar-refractivity contribution in [3.05, 3.63) is 30.3 Å². The van der Waals surface area contributed by atoms with Crippen molar-refractivity contribution in [2.24, 2.45) is 0 Å². The van der Waals surface area contributed by atoms with E-state index >= 15 is 0 Å². The van der Waals surface area contributed by atoms with Gasteiger partial charge in [-0.15, -0.1) is 10.2 Å². The van der Waals surface area contributed by atoms with Gasteiger partial charge in [0.2, 0.25) is 11.0 Å². The molecule has 6 nitrogen and oxygen atoms in total. The summed E-state index contributed by atoms with van der Waals surface area (Å²) in [7, 11) is 0. The fourth-order valence-corrected chi connectivity index (χ4v) is 4.83. The topological polar surface area (TPSA) is 90.7 Å². The highest BCUT2D eigenvalue weighted by Crippen LogP contribution is 2.32. The van der Waals surface area contributed by atoms with Gasteiger partial charge in [-0.3, -0.25) is 4.79 Å². The first-order valence-electron chi connectivity index (χ1n) is 8.66. The van der Waals surface area contributed by atoms with E-state index in [1.54, 1.807) is 0 Å². The maximum absolute atomic E-state index is 12.5. The standard InChI is InChI=1S/C18H21N5OS2/c1-13(15(24)21-18(12-19)10-6-3-7-11-18)25-17-23-22-16(26-17)20-14-8-4-2-5-9-14/h2,4-5,8-9,13H,3,6-7,10-11H2,1H3,(H,20,22)(H,21,24)/t13-/m1/s1. The van der Waals surface area contributed by atoms with Crippen LogP contribution in [0.4, 0.5) is 10.8 Å². The number of thioether (sulfide) groups is 1. The summed E-state index contributed by atoms with van der Waals surface area (Å²) in [6, 6.07) is 12.1. The molecule has 8 heteroatoms. The summed E-state index contributed by atoms with van der Waals surface area (Å²) in [6.07, 6.45) is 4.57. The maximum atomic E-state index is 12.5. The van der Waals surface area contributed by atoms with Crippen molar-refractivity contribution in [2.75, 3.05) is 5.32 Å². The highest BCUT2D eigenvalue weighted by molar-refractivity contribution is 8.02. The Labute approximate surface area is 161 Å². The molecule has 0 unspecified atom stereocenters. The van der Waals surface area contributed by atoms with Gasteiger partial charge in [-0.1, -0.05) is 60.6 Å². The van der Waals surface area contributed by atoms with Gasteiger partial charge in [0.1, 0.15) is 5.54 Å². The van der Waals surface area contributed by atoms with Crippen LogP contribution in [0.2, 0.25) is 0 Å². The molecule has 3 rings (SSSR count). The third kappa shape index (κ3) is 4.74. The van der Waals surface area contributed by atoms with E-state index in [0.717, 1.165) is 42.1 Å². The lowest BCUT2D eigenvalue weighted by atomic mass is 9.83. The van der Waals surface area contributed by atoms with E-state index in [-0.39, 0.29) is 11.2 Å². The fourth-order valence-electron chi connectivity index (χ4n) is 2.92. The Balaban J connectivity index is 1.57. The monoisotopic (exact) mass is 387 g/mol. The number of nitrogens with one attached hydrogen (secondary N) is 2. The van der Waals surface area contributed by atoms with Gasteiger partial charge in [0.15, 0.2) is 4.34 Å². The van der Waals surface area contributed by atoms with Gasteiger partial charge in [-0.05, 0) is 31.9 Å². The number of benzene rings is 1. The first-order chi connectivity index (χ1) is 12.6. The Morgan fingerprint density at radius 2 is 2.00 bits per heavy atom. The van der Waals surface area contributed by atoms with Crippen molar-refractivity contribution < 1.29 is 4.79 Å². The molecule has 1 aromatic carbocycles. The second-order valence-corrected chi connectivity index (χ2v) is 8.93. The number of carbonyl (C=O) groups excluding carboxylic acids is 1. The van der Waals surface area contributed by atoms with Gasteiger partial charge in [0.25, 0.3) is 0 Å². The molecule has 26 heavy (non-hydrogen) atoms. The van der Waals surface area contributed by atoms with Crippen molar-refractivity contribution in [1.82, 2.24) is 15.5 Å².